The SMILES string of the molecule is CC1CCN(C(=O)[C@@H](N)CCCN/C(N)=N\[N+](=O)[O-])CC1. The standard InChI is InChI=1S/C12H24N6O3/c1-9-4-7-17(8-5-9)11(19)10(13)3-2-6-15-12(14)16-18(20)21/h9-10H,2-8,13H2,1H3,(H3,14,15,16)/t10-/m0/s1. The van der Waals surface area contributed by atoms with E-state index >= 15 is 0 Å². The fourth-order valence-electron chi connectivity index (χ4n) is 2.25. The summed E-state index contributed by atoms with van der Waals surface area (Å²) in [5, 5.41) is 14.7. The summed E-state index contributed by atoms with van der Waals surface area (Å²) >= 11 is 0. The summed E-state index contributed by atoms with van der Waals surface area (Å²) in [5.41, 5.74) is 11.2. The molecule has 0 aromatic heterocycles. The van der Waals surface area contributed by atoms with Crippen molar-refractivity contribution < 1.29 is 9.83 Å². The predicted octanol–water partition coefficient (Wildman–Crippen LogP) is -0.552. The van der Waals surface area contributed by atoms with Gasteiger partial charge in [0, 0.05) is 19.6 Å². The maximum atomic E-state index is 12.1. The Morgan fingerprint density at radius 2 is 2.14 bits per heavy atom. The minimum Gasteiger partial charge on any atom is -0.365 e. The molecular formula is C12H24N6O3. The van der Waals surface area contributed by atoms with Crippen molar-refractivity contribution in [1.82, 2.24) is 10.2 Å². The molecule has 0 saturated carbocycles. The number of rotatable bonds is 6. The number of nitrogens with zero attached hydrogens (tertiary/aromatic N) is 3. The van der Waals surface area contributed by atoms with Crippen LogP contribution in [0.4, 0.5) is 0 Å². The summed E-state index contributed by atoms with van der Waals surface area (Å²) in [7, 11) is 0. The number of hydrogen-bond acceptors (Lipinski definition) is 4. The van der Waals surface area contributed by atoms with Crippen molar-refractivity contribution in [3.05, 3.63) is 10.1 Å². The van der Waals surface area contributed by atoms with Crippen LogP contribution in [0.15, 0.2) is 5.10 Å². The van der Waals surface area contributed by atoms with Crippen LogP contribution in [0.3, 0.4) is 0 Å². The summed E-state index contributed by atoms with van der Waals surface area (Å²) in [6.45, 7) is 4.12. The third-order valence-corrected chi connectivity index (χ3v) is 3.60. The lowest BCUT2D eigenvalue weighted by molar-refractivity contribution is -0.485. The van der Waals surface area contributed by atoms with Crippen molar-refractivity contribution in [2.75, 3.05) is 19.6 Å². The van der Waals surface area contributed by atoms with Crippen molar-refractivity contribution in [2.45, 2.75) is 38.6 Å². The third-order valence-electron chi connectivity index (χ3n) is 3.60. The van der Waals surface area contributed by atoms with Crippen LogP contribution in [-0.4, -0.2) is 47.5 Å². The molecule has 21 heavy (non-hydrogen) atoms. The molecule has 0 bridgehead atoms. The molecule has 9 heteroatoms. The Hall–Kier alpha value is -1.90. The first kappa shape index (κ1) is 17.2. The molecule has 0 aliphatic carbocycles. The summed E-state index contributed by atoms with van der Waals surface area (Å²) in [4.78, 5) is 24.0. The Bertz CT molecular complexity index is 392. The van der Waals surface area contributed by atoms with Crippen molar-refractivity contribution in [2.24, 2.45) is 22.5 Å². The van der Waals surface area contributed by atoms with Gasteiger partial charge in [0.05, 0.1) is 6.04 Å². The van der Waals surface area contributed by atoms with Gasteiger partial charge >= 0.3 is 0 Å². The molecule has 9 nitrogen and oxygen atoms in total. The van der Waals surface area contributed by atoms with E-state index in [0.29, 0.717) is 25.3 Å². The van der Waals surface area contributed by atoms with E-state index in [-0.39, 0.29) is 11.9 Å². The van der Waals surface area contributed by atoms with Crippen molar-refractivity contribution in [1.29, 1.82) is 0 Å². The first-order valence-electron chi connectivity index (χ1n) is 7.17. The molecule has 1 aliphatic heterocycles. The van der Waals surface area contributed by atoms with Crippen LogP contribution in [0, 0.1) is 16.0 Å². The first-order valence-corrected chi connectivity index (χ1v) is 7.17. The highest BCUT2D eigenvalue weighted by molar-refractivity contribution is 5.81. The lowest BCUT2D eigenvalue weighted by Gasteiger charge is -2.32. The molecule has 0 aromatic rings. The Morgan fingerprint density at radius 3 is 2.71 bits per heavy atom. The second-order valence-electron chi connectivity index (χ2n) is 5.41. The van der Waals surface area contributed by atoms with E-state index in [2.05, 4.69) is 17.3 Å². The molecule has 1 heterocycles. The van der Waals surface area contributed by atoms with Gasteiger partial charge in [-0.25, -0.2) is 10.1 Å². The monoisotopic (exact) mass is 300 g/mol. The number of hydrazone groups is 1. The van der Waals surface area contributed by atoms with Gasteiger partial charge in [0.15, 0.2) is 5.03 Å². The first-order chi connectivity index (χ1) is 9.90. The second kappa shape index (κ2) is 8.40. The van der Waals surface area contributed by atoms with E-state index in [1.54, 1.807) is 0 Å². The normalized spacial score (nSPS) is 18.4. The van der Waals surface area contributed by atoms with Crippen LogP contribution < -0.4 is 16.8 Å². The number of likely N-dealkylation sites (tertiary alicyclic amines) is 1. The zero-order valence-electron chi connectivity index (χ0n) is 12.3. The number of carbonyl (C=O) groups is 1. The quantitative estimate of drug-likeness (QED) is 0.198. The molecule has 1 aliphatic rings. The highest BCUT2D eigenvalue weighted by Gasteiger charge is 2.24. The van der Waals surface area contributed by atoms with E-state index in [1.165, 1.54) is 0 Å². The number of piperidine rings is 1. The number of carbonyl (C=O) groups excluding carboxylic acids is 1. The smallest absolute Gasteiger partial charge is 0.266 e. The molecule has 5 N–H and O–H groups in total. The fraction of sp³-hybridized carbons (Fsp3) is 0.833. The predicted molar refractivity (Wildman–Crippen MR) is 78.8 cm³/mol. The summed E-state index contributed by atoms with van der Waals surface area (Å²) in [6.07, 6.45) is 3.14. The minimum atomic E-state index is -0.866. The van der Waals surface area contributed by atoms with E-state index in [1.807, 2.05) is 4.90 Å². The topological polar surface area (TPSA) is 140 Å². The molecule has 1 fully saturated rings. The molecule has 0 radical (unpaired) electrons. The summed E-state index contributed by atoms with van der Waals surface area (Å²) in [6, 6.07) is -0.533. The minimum absolute atomic E-state index is 0.0196. The number of guanidine groups is 1. The van der Waals surface area contributed by atoms with E-state index in [9.17, 15) is 14.9 Å². The maximum Gasteiger partial charge on any atom is 0.266 e. The molecule has 1 rings (SSSR count). The number of nitro groups is 1. The van der Waals surface area contributed by atoms with Gasteiger partial charge in [-0.1, -0.05) is 6.92 Å². The van der Waals surface area contributed by atoms with Gasteiger partial charge < -0.3 is 21.7 Å². The van der Waals surface area contributed by atoms with Crippen LogP contribution in [0.25, 0.3) is 0 Å². The van der Waals surface area contributed by atoms with Gasteiger partial charge in [0.2, 0.25) is 5.91 Å². The zero-order chi connectivity index (χ0) is 15.8. The number of nitrogens with two attached hydrogens (primary N) is 2. The van der Waals surface area contributed by atoms with Crippen molar-refractivity contribution >= 4 is 11.9 Å². The second-order valence-corrected chi connectivity index (χ2v) is 5.41. The lowest BCUT2D eigenvalue weighted by atomic mass is 9.98. The number of amides is 1. The Labute approximate surface area is 123 Å². The fourth-order valence-corrected chi connectivity index (χ4v) is 2.25. The van der Waals surface area contributed by atoms with Gasteiger partial charge in [0.25, 0.3) is 5.96 Å². The largest absolute Gasteiger partial charge is 0.365 e. The average molecular weight is 300 g/mol. The molecule has 120 valence electrons. The van der Waals surface area contributed by atoms with E-state index in [4.69, 9.17) is 11.5 Å². The Morgan fingerprint density at radius 1 is 1.52 bits per heavy atom. The number of hydrogen-bond donors (Lipinski definition) is 3. The molecule has 1 atom stereocenters. The molecule has 0 aromatic carbocycles. The van der Waals surface area contributed by atoms with Gasteiger partial charge in [0.1, 0.15) is 5.10 Å². The maximum absolute atomic E-state index is 12.1. The van der Waals surface area contributed by atoms with Gasteiger partial charge in [-0.15, -0.1) is 0 Å². The highest BCUT2D eigenvalue weighted by atomic mass is 16.7. The lowest BCUT2D eigenvalue weighted by Crippen LogP contribution is -2.47. The summed E-state index contributed by atoms with van der Waals surface area (Å²) < 4.78 is 0. The Balaban J connectivity index is 2.22. The van der Waals surface area contributed by atoms with Crippen molar-refractivity contribution in [3.63, 3.8) is 0 Å². The van der Waals surface area contributed by atoms with Crippen LogP contribution in [0.2, 0.25) is 0 Å². The number of nitrogens with one attached hydrogen (secondary N) is 1. The zero-order valence-corrected chi connectivity index (χ0v) is 12.3. The molecule has 0 unspecified atom stereocenters. The van der Waals surface area contributed by atoms with Gasteiger partial charge in [-0.2, -0.15) is 0 Å². The molecule has 1 saturated heterocycles. The highest BCUT2D eigenvalue weighted by Crippen LogP contribution is 2.16. The van der Waals surface area contributed by atoms with Gasteiger partial charge in [-0.05, 0) is 31.6 Å². The molecular weight excluding hydrogens is 276 g/mol. The van der Waals surface area contributed by atoms with E-state index < -0.39 is 11.1 Å². The summed E-state index contributed by atoms with van der Waals surface area (Å²) in [5.74, 6) is 0.400. The van der Waals surface area contributed by atoms with E-state index in [0.717, 1.165) is 25.9 Å². The molecule has 0 spiro atoms. The Kier molecular flexibility index (Phi) is 6.86. The van der Waals surface area contributed by atoms with Crippen LogP contribution >= 0.6 is 0 Å². The van der Waals surface area contributed by atoms with Crippen LogP contribution in [0.5, 0.6) is 0 Å². The van der Waals surface area contributed by atoms with Crippen LogP contribution in [0.1, 0.15) is 32.6 Å². The third kappa shape index (κ3) is 6.39. The van der Waals surface area contributed by atoms with Gasteiger partial charge in [-0.3, -0.25) is 4.79 Å². The molecule has 1 amide bonds. The van der Waals surface area contributed by atoms with Crippen LogP contribution in [-0.2, 0) is 4.79 Å². The average Bonchev–Trinajstić information content (AvgIpc) is 2.42. The van der Waals surface area contributed by atoms with Crippen molar-refractivity contribution in [3.8, 4) is 0 Å².